The molecule has 0 spiro atoms. The molecular formula is C32H42N6O7. The molecule has 0 unspecified atom stereocenters. The third-order valence-corrected chi connectivity index (χ3v) is 7.69. The van der Waals surface area contributed by atoms with Crippen molar-refractivity contribution in [2.24, 2.45) is 5.73 Å². The Morgan fingerprint density at radius 1 is 1.04 bits per heavy atom. The number of aromatic nitrogens is 1. The molecule has 2 aliphatic heterocycles. The van der Waals surface area contributed by atoms with Crippen molar-refractivity contribution in [3.63, 3.8) is 0 Å². The van der Waals surface area contributed by atoms with Gasteiger partial charge in [0.15, 0.2) is 0 Å². The molecule has 13 heteroatoms. The number of nitrogens with two attached hydrogens (primary N) is 1. The first-order chi connectivity index (χ1) is 21.4. The van der Waals surface area contributed by atoms with E-state index in [1.807, 2.05) is 30.3 Å². The fraction of sp³-hybridized carbons (Fsp3) is 0.500. The highest BCUT2D eigenvalue weighted by molar-refractivity contribution is 5.93. The molecule has 13 nitrogen and oxygen atoms in total. The van der Waals surface area contributed by atoms with Gasteiger partial charge in [0.25, 0.3) is 0 Å². The van der Waals surface area contributed by atoms with Gasteiger partial charge in [0.1, 0.15) is 24.3 Å². The average molecular weight is 623 g/mol. The summed E-state index contributed by atoms with van der Waals surface area (Å²) >= 11 is 0. The van der Waals surface area contributed by atoms with Crippen LogP contribution in [0.2, 0.25) is 0 Å². The maximum Gasteiger partial charge on any atom is 0.410 e. The zero-order valence-electron chi connectivity index (χ0n) is 25.9. The van der Waals surface area contributed by atoms with E-state index in [9.17, 15) is 24.0 Å². The fourth-order valence-corrected chi connectivity index (χ4v) is 5.60. The monoisotopic (exact) mass is 622 g/mol. The van der Waals surface area contributed by atoms with Gasteiger partial charge in [-0.25, -0.2) is 9.59 Å². The van der Waals surface area contributed by atoms with Crippen molar-refractivity contribution in [1.29, 1.82) is 0 Å². The summed E-state index contributed by atoms with van der Waals surface area (Å²) < 4.78 is 11.0. The molecular weight excluding hydrogens is 580 g/mol. The lowest BCUT2D eigenvalue weighted by Gasteiger charge is -2.38. The van der Waals surface area contributed by atoms with Gasteiger partial charge in [0, 0.05) is 25.2 Å². The number of ether oxygens (including phenoxy) is 2. The summed E-state index contributed by atoms with van der Waals surface area (Å²) in [5, 5.41) is 5.59. The summed E-state index contributed by atoms with van der Waals surface area (Å²) in [7, 11) is 0. The van der Waals surface area contributed by atoms with Crippen molar-refractivity contribution in [3.05, 3.63) is 66.0 Å². The molecule has 0 bridgehead atoms. The van der Waals surface area contributed by atoms with Gasteiger partial charge in [-0.2, -0.15) is 0 Å². The summed E-state index contributed by atoms with van der Waals surface area (Å²) in [5.41, 5.74) is 5.93. The average Bonchev–Trinajstić information content (AvgIpc) is 3.42. The number of amides is 5. The zero-order valence-corrected chi connectivity index (χ0v) is 25.9. The lowest BCUT2D eigenvalue weighted by molar-refractivity contribution is -0.143. The van der Waals surface area contributed by atoms with Gasteiger partial charge in [-0.3, -0.25) is 19.4 Å². The number of rotatable bonds is 9. The van der Waals surface area contributed by atoms with Crippen molar-refractivity contribution in [2.45, 2.75) is 89.3 Å². The molecule has 2 saturated heterocycles. The highest BCUT2D eigenvalue weighted by Crippen LogP contribution is 2.30. The van der Waals surface area contributed by atoms with Crippen LogP contribution >= 0.6 is 0 Å². The largest absolute Gasteiger partial charge is 0.445 e. The number of hydrogen-bond donors (Lipinski definition) is 3. The first kappa shape index (κ1) is 33.2. The van der Waals surface area contributed by atoms with Crippen molar-refractivity contribution in [1.82, 2.24) is 25.4 Å². The minimum atomic E-state index is -1.19. The Hall–Kier alpha value is -4.68. The number of benzene rings is 1. The first-order valence-electron chi connectivity index (χ1n) is 15.2. The second-order valence-corrected chi connectivity index (χ2v) is 12.3. The Kier molecular flexibility index (Phi) is 11.0. The molecule has 0 radical (unpaired) electrons. The number of nitrogens with one attached hydrogen (secondary N) is 2. The van der Waals surface area contributed by atoms with Crippen LogP contribution in [0.25, 0.3) is 0 Å². The number of carbonyl (C=O) groups is 5. The molecule has 4 atom stereocenters. The number of pyridine rings is 1. The molecule has 1 aromatic carbocycles. The molecule has 5 amide bonds. The number of alkyl carbamates (subject to hydrolysis) is 1. The topological polar surface area (TPSA) is 173 Å². The van der Waals surface area contributed by atoms with Crippen LogP contribution in [0.3, 0.4) is 0 Å². The van der Waals surface area contributed by atoms with E-state index in [1.165, 1.54) is 9.80 Å². The van der Waals surface area contributed by atoms with Crippen LogP contribution in [0, 0.1) is 0 Å². The second-order valence-electron chi connectivity index (χ2n) is 12.3. The predicted molar refractivity (Wildman–Crippen MR) is 163 cm³/mol. The Balaban J connectivity index is 1.53. The molecule has 3 heterocycles. The summed E-state index contributed by atoms with van der Waals surface area (Å²) in [5.74, 6) is -1.41. The summed E-state index contributed by atoms with van der Waals surface area (Å²) in [6.07, 6.45) is 1.75. The molecule has 2 aromatic rings. The van der Waals surface area contributed by atoms with Crippen LogP contribution in [-0.4, -0.2) is 81.5 Å². The Morgan fingerprint density at radius 2 is 1.78 bits per heavy atom. The van der Waals surface area contributed by atoms with Crippen molar-refractivity contribution in [3.8, 4) is 0 Å². The van der Waals surface area contributed by atoms with Crippen LogP contribution < -0.4 is 16.4 Å². The van der Waals surface area contributed by atoms with Crippen LogP contribution in [0.4, 0.5) is 9.59 Å². The minimum Gasteiger partial charge on any atom is -0.445 e. The lowest BCUT2D eigenvalue weighted by atomic mass is 10.1. The number of carbonyl (C=O) groups excluding carboxylic acids is 5. The third-order valence-electron chi connectivity index (χ3n) is 7.69. The molecule has 4 rings (SSSR count). The lowest BCUT2D eigenvalue weighted by Crippen LogP contribution is -2.61. The summed E-state index contributed by atoms with van der Waals surface area (Å²) in [6.45, 7) is 5.24. The van der Waals surface area contributed by atoms with Gasteiger partial charge in [-0.05, 0) is 64.2 Å². The normalized spacial score (nSPS) is 20.7. The number of primary amides is 1. The maximum absolute atomic E-state index is 14.1. The SMILES string of the molecule is CC(C)(C)OC(=O)N[C@H]1CN(C(=O)OCc2ccccc2)CC[C@H]2CC[C@@H](C(=O)N[C@@H](CCC(N)=O)c3ccccn3)N2C1=O. The molecule has 45 heavy (non-hydrogen) atoms. The van der Waals surface area contributed by atoms with Gasteiger partial charge in [0.2, 0.25) is 17.7 Å². The number of nitrogens with zero attached hydrogens (tertiary/aromatic N) is 3. The molecule has 0 saturated carbocycles. The zero-order chi connectivity index (χ0) is 32.6. The van der Waals surface area contributed by atoms with E-state index in [4.69, 9.17) is 15.2 Å². The summed E-state index contributed by atoms with van der Waals surface area (Å²) in [4.78, 5) is 72.7. The maximum atomic E-state index is 14.1. The van der Waals surface area contributed by atoms with E-state index >= 15 is 0 Å². The number of hydrogen-bond acceptors (Lipinski definition) is 8. The Bertz CT molecular complexity index is 1350. The Morgan fingerprint density at radius 3 is 2.44 bits per heavy atom. The van der Waals surface area contributed by atoms with E-state index < -0.39 is 53.6 Å². The first-order valence-corrected chi connectivity index (χ1v) is 15.2. The van der Waals surface area contributed by atoms with Gasteiger partial charge < -0.3 is 35.6 Å². The molecule has 2 fully saturated rings. The highest BCUT2D eigenvalue weighted by atomic mass is 16.6. The van der Waals surface area contributed by atoms with E-state index in [-0.39, 0.29) is 38.6 Å². The Labute approximate surface area is 262 Å². The van der Waals surface area contributed by atoms with Gasteiger partial charge in [0.05, 0.1) is 18.3 Å². The third kappa shape index (κ3) is 9.40. The van der Waals surface area contributed by atoms with E-state index in [2.05, 4.69) is 15.6 Å². The second kappa shape index (κ2) is 14.9. The standard InChI is InChI=1S/C32H42N6O7/c1-32(2,3)45-30(42)36-25-19-37(31(43)44-20-21-9-5-4-6-10-21)18-16-22-12-14-26(38(22)29(25)41)28(40)35-24(13-15-27(33)39)23-11-7-8-17-34-23/h4-11,17,22,24-26H,12-16,18-20H2,1-3H3,(H2,33,39)(H,35,40)(H,36,42)/t22-,24+,25+,26+/m1/s1. The van der Waals surface area contributed by atoms with E-state index in [0.29, 0.717) is 25.0 Å². The summed E-state index contributed by atoms with van der Waals surface area (Å²) in [6, 6.07) is 11.5. The highest BCUT2D eigenvalue weighted by Gasteiger charge is 2.46. The van der Waals surface area contributed by atoms with E-state index in [1.54, 1.807) is 45.2 Å². The molecule has 1 aromatic heterocycles. The molecule has 0 aliphatic carbocycles. The van der Waals surface area contributed by atoms with E-state index in [0.717, 1.165) is 5.56 Å². The van der Waals surface area contributed by atoms with Crippen molar-refractivity contribution < 1.29 is 33.4 Å². The molecule has 242 valence electrons. The molecule has 4 N–H and O–H groups in total. The fourth-order valence-electron chi connectivity index (χ4n) is 5.60. The van der Waals surface area contributed by atoms with Crippen LogP contribution in [-0.2, 0) is 30.5 Å². The van der Waals surface area contributed by atoms with Crippen LogP contribution in [0.5, 0.6) is 0 Å². The molecule has 2 aliphatic rings. The van der Waals surface area contributed by atoms with Gasteiger partial charge in [-0.15, -0.1) is 0 Å². The minimum absolute atomic E-state index is 0.0372. The van der Waals surface area contributed by atoms with Gasteiger partial charge >= 0.3 is 12.2 Å². The van der Waals surface area contributed by atoms with Crippen LogP contribution in [0.1, 0.15) is 70.2 Å². The number of fused-ring (bicyclic) bond motifs is 1. The van der Waals surface area contributed by atoms with Crippen LogP contribution in [0.15, 0.2) is 54.7 Å². The van der Waals surface area contributed by atoms with Crippen molar-refractivity contribution in [2.75, 3.05) is 13.1 Å². The quantitative estimate of drug-likeness (QED) is 0.383. The smallest absolute Gasteiger partial charge is 0.410 e. The predicted octanol–water partition coefficient (Wildman–Crippen LogP) is 2.80. The van der Waals surface area contributed by atoms with Crippen molar-refractivity contribution >= 4 is 29.9 Å². The van der Waals surface area contributed by atoms with Gasteiger partial charge in [-0.1, -0.05) is 36.4 Å².